The van der Waals surface area contributed by atoms with Gasteiger partial charge in [-0.2, -0.15) is 0 Å². The molecule has 4 N–H and O–H groups in total. The number of aliphatic hydroxyl groups is 1. The zero-order valence-electron chi connectivity index (χ0n) is 11.1. The molecule has 2 rings (SSSR count). The van der Waals surface area contributed by atoms with Crippen LogP contribution in [0.1, 0.15) is 11.1 Å². The highest BCUT2D eigenvalue weighted by Crippen LogP contribution is 2.26. The summed E-state index contributed by atoms with van der Waals surface area (Å²) in [5, 5.41) is 9.14. The maximum atomic E-state index is 12.3. The summed E-state index contributed by atoms with van der Waals surface area (Å²) in [4.78, 5) is -0.120. The van der Waals surface area contributed by atoms with E-state index in [9.17, 15) is 8.42 Å². The molecule has 0 unspecified atom stereocenters. The minimum atomic E-state index is -3.81. The van der Waals surface area contributed by atoms with Gasteiger partial charge in [-0.1, -0.05) is 41.9 Å². The molecule has 0 spiro atoms. The third-order valence-electron chi connectivity index (χ3n) is 2.91. The van der Waals surface area contributed by atoms with Crippen molar-refractivity contribution in [3.63, 3.8) is 0 Å². The van der Waals surface area contributed by atoms with E-state index in [1.165, 1.54) is 12.1 Å². The molecule has 0 saturated carbocycles. The van der Waals surface area contributed by atoms with Crippen LogP contribution in [0, 0.1) is 0 Å². The number of hydrogen-bond acceptors (Lipinski definition) is 4. The highest BCUT2D eigenvalue weighted by molar-refractivity contribution is 7.89. The molecule has 0 aromatic heterocycles. The molecule has 0 atom stereocenters. The Hall–Kier alpha value is -1.60. The van der Waals surface area contributed by atoms with Crippen molar-refractivity contribution in [1.82, 2.24) is 4.72 Å². The molecule has 21 heavy (non-hydrogen) atoms. The summed E-state index contributed by atoms with van der Waals surface area (Å²) in [6.45, 7) is -0.0150. The van der Waals surface area contributed by atoms with Gasteiger partial charge in [0, 0.05) is 6.54 Å². The first-order chi connectivity index (χ1) is 9.94. The van der Waals surface area contributed by atoms with E-state index in [2.05, 4.69) is 4.72 Å². The maximum absolute atomic E-state index is 12.3. The van der Waals surface area contributed by atoms with Crippen molar-refractivity contribution in [2.24, 2.45) is 0 Å². The van der Waals surface area contributed by atoms with Gasteiger partial charge in [0.15, 0.2) is 0 Å². The number of sulfonamides is 1. The number of benzene rings is 2. The van der Waals surface area contributed by atoms with Gasteiger partial charge in [-0.05, 0) is 23.3 Å². The number of nitrogen functional groups attached to an aromatic ring is 1. The van der Waals surface area contributed by atoms with Crippen molar-refractivity contribution >= 4 is 27.3 Å². The van der Waals surface area contributed by atoms with Crippen LogP contribution in [0.3, 0.4) is 0 Å². The lowest BCUT2D eigenvalue weighted by Crippen LogP contribution is -2.24. The van der Waals surface area contributed by atoms with Crippen LogP contribution in [0.4, 0.5) is 5.69 Å². The summed E-state index contributed by atoms with van der Waals surface area (Å²) in [7, 11) is -3.81. The Morgan fingerprint density at radius 2 is 1.81 bits per heavy atom. The van der Waals surface area contributed by atoms with Gasteiger partial charge in [0.1, 0.15) is 4.90 Å². The molecule has 2 aromatic rings. The summed E-state index contributed by atoms with van der Waals surface area (Å²) >= 11 is 5.91. The van der Waals surface area contributed by atoms with Gasteiger partial charge in [-0.3, -0.25) is 0 Å². The van der Waals surface area contributed by atoms with Gasteiger partial charge in [-0.15, -0.1) is 0 Å². The zero-order valence-corrected chi connectivity index (χ0v) is 12.7. The number of halogens is 1. The molecule has 0 bridgehead atoms. The van der Waals surface area contributed by atoms with Crippen molar-refractivity contribution in [3.8, 4) is 0 Å². The molecule has 2 aromatic carbocycles. The molecule has 0 aliphatic rings. The van der Waals surface area contributed by atoms with Gasteiger partial charge in [-0.25, -0.2) is 13.1 Å². The first-order valence-electron chi connectivity index (χ1n) is 6.16. The van der Waals surface area contributed by atoms with E-state index in [0.29, 0.717) is 5.56 Å². The molecule has 0 saturated heterocycles. The SMILES string of the molecule is Nc1cccc(Cl)c1S(=O)(=O)NCc1cccc(CO)c1. The van der Waals surface area contributed by atoms with Gasteiger partial charge in [0.2, 0.25) is 10.0 Å². The van der Waals surface area contributed by atoms with E-state index in [1.807, 2.05) is 0 Å². The highest BCUT2D eigenvalue weighted by Gasteiger charge is 2.20. The molecule has 0 fully saturated rings. The van der Waals surface area contributed by atoms with Crippen molar-refractivity contribution in [2.45, 2.75) is 18.0 Å². The van der Waals surface area contributed by atoms with E-state index in [4.69, 9.17) is 22.4 Å². The molecular weight excluding hydrogens is 312 g/mol. The average molecular weight is 327 g/mol. The van der Waals surface area contributed by atoms with E-state index >= 15 is 0 Å². The molecule has 0 radical (unpaired) electrons. The van der Waals surface area contributed by atoms with Crippen LogP contribution in [-0.4, -0.2) is 13.5 Å². The maximum Gasteiger partial charge on any atom is 0.244 e. The molecular formula is C14H15ClN2O3S. The summed E-state index contributed by atoms with van der Waals surface area (Å²) in [6.07, 6.45) is 0. The van der Waals surface area contributed by atoms with Crippen molar-refractivity contribution in [2.75, 3.05) is 5.73 Å². The Bertz CT molecular complexity index is 727. The molecule has 7 heteroatoms. The topological polar surface area (TPSA) is 92.4 Å². The summed E-state index contributed by atoms with van der Waals surface area (Å²) in [5.74, 6) is 0. The van der Waals surface area contributed by atoms with Gasteiger partial charge in [0.25, 0.3) is 0 Å². The highest BCUT2D eigenvalue weighted by atomic mass is 35.5. The minimum Gasteiger partial charge on any atom is -0.398 e. The summed E-state index contributed by atoms with van der Waals surface area (Å²) in [5.41, 5.74) is 7.23. The lowest BCUT2D eigenvalue weighted by Gasteiger charge is -2.11. The molecule has 0 aliphatic heterocycles. The monoisotopic (exact) mass is 326 g/mol. The number of nitrogens with two attached hydrogens (primary N) is 1. The first kappa shape index (κ1) is 15.8. The van der Waals surface area contributed by atoms with Crippen LogP contribution in [-0.2, 0) is 23.2 Å². The number of anilines is 1. The Labute approximate surface area is 128 Å². The van der Waals surface area contributed by atoms with Gasteiger partial charge in [0.05, 0.1) is 17.3 Å². The van der Waals surface area contributed by atoms with Gasteiger partial charge < -0.3 is 10.8 Å². The van der Waals surface area contributed by atoms with Crippen molar-refractivity contribution in [1.29, 1.82) is 0 Å². The van der Waals surface area contributed by atoms with Crippen LogP contribution >= 0.6 is 11.6 Å². The number of aliphatic hydroxyl groups excluding tert-OH is 1. The summed E-state index contributed by atoms with van der Waals surface area (Å²) in [6, 6.07) is 11.5. The third kappa shape index (κ3) is 3.74. The predicted octanol–water partition coefficient (Wildman–Crippen LogP) is 1.89. The number of nitrogens with one attached hydrogen (secondary N) is 1. The summed E-state index contributed by atoms with van der Waals surface area (Å²) < 4.78 is 27.0. The third-order valence-corrected chi connectivity index (χ3v) is 4.85. The predicted molar refractivity (Wildman–Crippen MR) is 82.3 cm³/mol. The minimum absolute atomic E-state index is 0.0756. The Balaban J connectivity index is 2.22. The number of rotatable bonds is 5. The Morgan fingerprint density at radius 1 is 1.14 bits per heavy atom. The Kier molecular flexibility index (Phi) is 4.84. The standard InChI is InChI=1S/C14H15ClN2O3S/c15-12-5-2-6-13(16)14(12)21(19,20)17-8-10-3-1-4-11(7-10)9-18/h1-7,17-18H,8-9,16H2. The second-order valence-corrected chi connectivity index (χ2v) is 6.57. The van der Waals surface area contributed by atoms with Crippen molar-refractivity contribution in [3.05, 3.63) is 58.6 Å². The molecule has 0 amide bonds. The average Bonchev–Trinajstić information content (AvgIpc) is 2.45. The molecule has 112 valence electrons. The van der Waals surface area contributed by atoms with Crippen molar-refractivity contribution < 1.29 is 13.5 Å². The quantitative estimate of drug-likeness (QED) is 0.732. The van der Waals surface area contributed by atoms with E-state index in [0.717, 1.165) is 5.56 Å². The molecule has 0 heterocycles. The van der Waals surface area contributed by atoms with E-state index < -0.39 is 10.0 Å². The van der Waals surface area contributed by atoms with E-state index in [-0.39, 0.29) is 28.8 Å². The molecule has 0 aliphatic carbocycles. The fourth-order valence-corrected chi connectivity index (χ4v) is 3.59. The van der Waals surface area contributed by atoms with Crippen LogP contribution in [0.2, 0.25) is 5.02 Å². The normalized spacial score (nSPS) is 11.5. The van der Waals surface area contributed by atoms with Gasteiger partial charge >= 0.3 is 0 Å². The second kappa shape index (κ2) is 6.44. The Morgan fingerprint density at radius 3 is 2.48 bits per heavy atom. The fourth-order valence-electron chi connectivity index (χ4n) is 1.90. The van der Waals surface area contributed by atoms with Crippen LogP contribution in [0.5, 0.6) is 0 Å². The lowest BCUT2D eigenvalue weighted by atomic mass is 10.1. The largest absolute Gasteiger partial charge is 0.398 e. The van der Waals surface area contributed by atoms with Crippen LogP contribution in [0.15, 0.2) is 47.4 Å². The first-order valence-corrected chi connectivity index (χ1v) is 8.02. The van der Waals surface area contributed by atoms with Crippen LogP contribution < -0.4 is 10.5 Å². The lowest BCUT2D eigenvalue weighted by molar-refractivity contribution is 0.281. The fraction of sp³-hybridized carbons (Fsp3) is 0.143. The number of hydrogen-bond donors (Lipinski definition) is 3. The smallest absolute Gasteiger partial charge is 0.244 e. The van der Waals surface area contributed by atoms with Crippen LogP contribution in [0.25, 0.3) is 0 Å². The molecule has 5 nitrogen and oxygen atoms in total. The van der Waals surface area contributed by atoms with E-state index in [1.54, 1.807) is 30.3 Å². The second-order valence-electron chi connectivity index (χ2n) is 4.46. The zero-order chi connectivity index (χ0) is 15.5.